The number of aromatic amines is 1. The number of aromatic nitrogens is 2. The van der Waals surface area contributed by atoms with Crippen molar-refractivity contribution in [3.8, 4) is 11.5 Å². The number of benzene rings is 3. The summed E-state index contributed by atoms with van der Waals surface area (Å²) in [5.74, 6) is -1.11. The first-order chi connectivity index (χ1) is 33.6. The number of fused-ring (bicyclic) bond motifs is 1. The Morgan fingerprint density at radius 2 is 1.73 bits per heavy atom. The Morgan fingerprint density at radius 3 is 2.42 bits per heavy atom. The molecule has 0 radical (unpaired) electrons. The number of nitro benzene ring substituents is 1. The monoisotopic (exact) mass is 998 g/mol. The van der Waals surface area contributed by atoms with E-state index in [2.05, 4.69) is 38.9 Å². The summed E-state index contributed by atoms with van der Waals surface area (Å²) in [6.45, 7) is 11.3. The zero-order chi connectivity index (χ0) is 50.8. The first-order valence-corrected chi connectivity index (χ1v) is 25.6. The molecule has 0 saturated carbocycles. The van der Waals surface area contributed by atoms with E-state index < -0.39 is 43.7 Å². The van der Waals surface area contributed by atoms with Gasteiger partial charge in [-0.05, 0) is 130 Å². The number of nitrogens with zero attached hydrogens (tertiary/aromatic N) is 6. The quantitative estimate of drug-likeness (QED) is 0.0546. The summed E-state index contributed by atoms with van der Waals surface area (Å²) in [6, 6.07) is 16.2. The number of amides is 1. The number of sulfone groups is 1. The number of anilines is 2. The number of nitrogens with one attached hydrogen (secondary N) is 2. The van der Waals surface area contributed by atoms with Crippen LogP contribution in [0.5, 0.6) is 11.5 Å². The highest BCUT2D eigenvalue weighted by molar-refractivity contribution is 7.92. The fourth-order valence-corrected chi connectivity index (χ4v) is 11.1. The highest BCUT2D eigenvalue weighted by Gasteiger charge is 2.34. The van der Waals surface area contributed by atoms with Crippen LogP contribution in [0.4, 0.5) is 30.2 Å². The average molecular weight is 999 g/mol. The lowest BCUT2D eigenvalue weighted by Crippen LogP contribution is -2.47. The molecule has 1 aliphatic carbocycles. The number of alkyl halides is 3. The number of piperidine rings is 1. The van der Waals surface area contributed by atoms with Crippen molar-refractivity contribution in [3.05, 3.63) is 117 Å². The second-order valence-corrected chi connectivity index (χ2v) is 22.1. The lowest BCUT2D eigenvalue weighted by molar-refractivity contribution is -0.384. The number of halogens is 3. The minimum absolute atomic E-state index is 0.00521. The molecule has 3 aliphatic rings. The zero-order valence-electron chi connectivity index (χ0n) is 40.8. The highest BCUT2D eigenvalue weighted by atomic mass is 32.2. The molecule has 2 aliphatic heterocycles. The molecule has 378 valence electrons. The number of ether oxygens (including phenoxy) is 1. The summed E-state index contributed by atoms with van der Waals surface area (Å²) >= 11 is 0. The maximum atomic E-state index is 14.1. The molecular formula is C52H61F3N8O7S. The number of ketones is 1. The van der Waals surface area contributed by atoms with E-state index in [9.17, 15) is 41.3 Å². The van der Waals surface area contributed by atoms with Crippen molar-refractivity contribution in [2.24, 2.45) is 11.3 Å². The Bertz CT molecular complexity index is 2960. The third-order valence-electron chi connectivity index (χ3n) is 13.9. The molecule has 19 heteroatoms. The number of pyridine rings is 1. The number of Topliss-reactive ketones (excluding diaryl/α,β-unsaturated/α-hetero) is 1. The van der Waals surface area contributed by atoms with E-state index >= 15 is 0 Å². The molecule has 0 bridgehead atoms. The van der Waals surface area contributed by atoms with E-state index in [-0.39, 0.29) is 39.1 Å². The van der Waals surface area contributed by atoms with Gasteiger partial charge in [-0.15, -0.1) is 0 Å². The molecule has 71 heavy (non-hydrogen) atoms. The lowest BCUT2D eigenvalue weighted by Gasteiger charge is -2.39. The number of H-pyrrole nitrogens is 1. The van der Waals surface area contributed by atoms with E-state index in [0.717, 1.165) is 47.5 Å². The van der Waals surface area contributed by atoms with E-state index in [1.165, 1.54) is 36.0 Å². The summed E-state index contributed by atoms with van der Waals surface area (Å²) in [6.07, 6.45) is 2.84. The second kappa shape index (κ2) is 20.8. The van der Waals surface area contributed by atoms with Crippen LogP contribution in [0.2, 0.25) is 0 Å². The van der Waals surface area contributed by atoms with Crippen molar-refractivity contribution < 1.29 is 40.8 Å². The van der Waals surface area contributed by atoms with Gasteiger partial charge in [0.1, 0.15) is 28.6 Å². The Labute approximate surface area is 412 Å². The fourth-order valence-electron chi connectivity index (χ4n) is 9.88. The van der Waals surface area contributed by atoms with Crippen LogP contribution in [0.3, 0.4) is 0 Å². The van der Waals surface area contributed by atoms with Gasteiger partial charge in [0.25, 0.3) is 5.69 Å². The van der Waals surface area contributed by atoms with Crippen molar-refractivity contribution in [3.63, 3.8) is 0 Å². The number of carbonyl (C=O) groups is 2. The van der Waals surface area contributed by atoms with Gasteiger partial charge < -0.3 is 29.7 Å². The number of rotatable bonds is 16. The number of carbonyl (C=O) groups excluding carboxylic acids is 2. The van der Waals surface area contributed by atoms with E-state index in [1.54, 1.807) is 43.5 Å². The number of likely N-dealkylation sites (tertiary alicyclic amines) is 1. The number of likely N-dealkylation sites (N-methyl/N-ethyl adjacent to an activating group) is 1. The molecular weight excluding hydrogens is 938 g/mol. The smallest absolute Gasteiger partial charge is 0.416 e. The van der Waals surface area contributed by atoms with Gasteiger partial charge in [0.05, 0.1) is 33.7 Å². The third kappa shape index (κ3) is 12.2. The van der Waals surface area contributed by atoms with Gasteiger partial charge in [-0.1, -0.05) is 25.5 Å². The van der Waals surface area contributed by atoms with E-state index in [0.29, 0.717) is 88.7 Å². The summed E-state index contributed by atoms with van der Waals surface area (Å²) in [7, 11) is -0.722. The summed E-state index contributed by atoms with van der Waals surface area (Å²) in [5.41, 5.74) is 4.28. The second-order valence-electron chi connectivity index (χ2n) is 20.1. The van der Waals surface area contributed by atoms with Gasteiger partial charge in [0, 0.05) is 81.8 Å². The van der Waals surface area contributed by atoms with Gasteiger partial charge >= 0.3 is 6.18 Å². The topological polar surface area (TPSA) is 174 Å². The number of hydrogen-bond acceptors (Lipinski definition) is 12. The molecule has 2 saturated heterocycles. The molecule has 2 fully saturated rings. The number of hydrogen-bond donors (Lipinski definition) is 2. The fraction of sp³-hybridized carbons (Fsp3) is 0.442. The molecule has 2 N–H and O–H groups in total. The first kappa shape index (κ1) is 51.1. The maximum Gasteiger partial charge on any atom is 0.416 e. The molecule has 0 atom stereocenters. The molecule has 1 amide bonds. The molecule has 8 rings (SSSR count). The largest absolute Gasteiger partial charge is 0.455 e. The van der Waals surface area contributed by atoms with Gasteiger partial charge in [0.2, 0.25) is 5.91 Å². The van der Waals surface area contributed by atoms with Crippen LogP contribution in [-0.2, 0) is 20.8 Å². The van der Waals surface area contributed by atoms with Crippen molar-refractivity contribution in [2.45, 2.75) is 63.9 Å². The molecule has 15 nitrogen and oxygen atoms in total. The Hall–Kier alpha value is -6.31. The van der Waals surface area contributed by atoms with Crippen molar-refractivity contribution in [1.82, 2.24) is 24.7 Å². The number of aryl methyl sites for hydroxylation is 1. The van der Waals surface area contributed by atoms with Gasteiger partial charge in [-0.25, -0.2) is 13.4 Å². The predicted octanol–water partition coefficient (Wildman–Crippen LogP) is 9.25. The zero-order valence-corrected chi connectivity index (χ0v) is 41.6. The van der Waals surface area contributed by atoms with Crippen molar-refractivity contribution >= 4 is 55.2 Å². The minimum Gasteiger partial charge on any atom is -0.455 e. The average Bonchev–Trinajstić information content (AvgIpc) is 3.79. The Morgan fingerprint density at radius 1 is 0.986 bits per heavy atom. The van der Waals surface area contributed by atoms with E-state index in [4.69, 9.17) is 4.74 Å². The number of nitro groups is 1. The predicted molar refractivity (Wildman–Crippen MR) is 268 cm³/mol. The molecule has 3 aromatic carbocycles. The van der Waals surface area contributed by atoms with Crippen LogP contribution in [0.15, 0.2) is 89.6 Å². The molecule has 5 aromatic rings. The van der Waals surface area contributed by atoms with Gasteiger partial charge in [0.15, 0.2) is 15.6 Å². The Balaban J connectivity index is 0.973. The summed E-state index contributed by atoms with van der Waals surface area (Å²) in [4.78, 5) is 53.5. The highest BCUT2D eigenvalue weighted by Crippen LogP contribution is 2.45. The van der Waals surface area contributed by atoms with Gasteiger partial charge in [-0.3, -0.25) is 24.6 Å². The van der Waals surface area contributed by atoms with Crippen LogP contribution in [0.25, 0.3) is 16.6 Å². The number of piperazine rings is 1. The van der Waals surface area contributed by atoms with Crippen molar-refractivity contribution in [1.29, 1.82) is 0 Å². The van der Waals surface area contributed by atoms with Crippen molar-refractivity contribution in [2.75, 3.05) is 89.0 Å². The Kier molecular flexibility index (Phi) is 15.0. The van der Waals surface area contributed by atoms with Crippen LogP contribution in [0, 0.1) is 28.4 Å². The van der Waals surface area contributed by atoms with Crippen LogP contribution < -0.4 is 15.0 Å². The van der Waals surface area contributed by atoms with Crippen LogP contribution >= 0.6 is 0 Å². The van der Waals surface area contributed by atoms with Crippen LogP contribution in [-0.4, -0.2) is 128 Å². The molecule has 2 aromatic heterocycles. The van der Waals surface area contributed by atoms with E-state index in [1.807, 2.05) is 30.0 Å². The normalized spacial score (nSPS) is 17.3. The maximum absolute atomic E-state index is 14.1. The standard InChI is InChI=1S/C52H61F3N8O7S/c1-34-24-38(52(53,54)55)6-9-42(34)44-28-51(2,3)16-12-37(44)31-60-20-22-61(23-21-60)39-7-10-43(48(26-39)70-40-25-36-13-17-56-50(36)58-30-40)47(64)33-71(68,69)41-8-11-45(46(27-41)63(66)67)57-29-35-14-18-62(19-15-35)49(65)32-59(4)5/h6-11,13,17,24-27,30,35,57H,12,14-16,18-23,28-29,31-33H2,1-5H3,(H,56,58). The summed E-state index contributed by atoms with van der Waals surface area (Å²) in [5, 5.41) is 16.2. The lowest BCUT2D eigenvalue weighted by atomic mass is 9.72. The SMILES string of the molecule is Cc1cc(C(F)(F)F)ccc1C1=C(CN2CCN(c3ccc(C(=O)CS(=O)(=O)c4ccc(NCC5CCN(C(=O)CN(C)C)CC5)c([N+](=O)[O-])c4)c(Oc4cnc5[nH]ccc5c4)c3)CC2)CCC(C)(C)C1. The number of allylic oxidation sites excluding steroid dienone is 1. The van der Waals surface area contributed by atoms with Gasteiger partial charge in [-0.2, -0.15) is 13.2 Å². The third-order valence-corrected chi connectivity index (χ3v) is 15.5. The summed E-state index contributed by atoms with van der Waals surface area (Å²) < 4.78 is 74.9. The first-order valence-electron chi connectivity index (χ1n) is 23.9. The molecule has 0 unspecified atom stereocenters. The van der Waals surface area contributed by atoms with Crippen LogP contribution in [0.1, 0.15) is 73.0 Å². The molecule has 4 heterocycles. The minimum atomic E-state index is -4.42. The molecule has 0 spiro atoms.